The molecule has 1 aromatic heterocycles. The quantitative estimate of drug-likeness (QED) is 0.636. The van der Waals surface area contributed by atoms with Gasteiger partial charge >= 0.3 is 0 Å². The van der Waals surface area contributed by atoms with E-state index < -0.39 is 0 Å². The fourth-order valence-corrected chi connectivity index (χ4v) is 1.65. The summed E-state index contributed by atoms with van der Waals surface area (Å²) < 4.78 is 0.926. The first-order valence-corrected chi connectivity index (χ1v) is 4.51. The summed E-state index contributed by atoms with van der Waals surface area (Å²) in [4.78, 5) is 7.41. The largest absolute Gasteiger partial charge is 0.263 e. The van der Waals surface area contributed by atoms with Gasteiger partial charge in [0.25, 0.3) is 0 Å². The topological polar surface area (TPSA) is 17.2 Å². The molecule has 0 aliphatic heterocycles. The van der Waals surface area contributed by atoms with Gasteiger partial charge in [-0.15, -0.1) is 0 Å². The van der Waals surface area contributed by atoms with Crippen LogP contribution in [-0.2, 0) is 0 Å². The molecule has 2 nitrogen and oxygen atoms in total. The summed E-state index contributed by atoms with van der Waals surface area (Å²) in [6.45, 7) is 6.88. The highest BCUT2D eigenvalue weighted by Crippen LogP contribution is 2.26. The Labute approximate surface area is 84.2 Å². The number of benzene rings is 1. The molecule has 0 aliphatic rings. The minimum Gasteiger partial charge on any atom is -0.263 e. The average molecular weight is 233 g/mol. The highest BCUT2D eigenvalue weighted by molar-refractivity contribution is 9.10. The molecular formula is C10H5BrN2. The number of halogens is 1. The lowest BCUT2D eigenvalue weighted by Gasteiger charge is -1.99. The lowest BCUT2D eigenvalue weighted by atomic mass is 10.1. The van der Waals surface area contributed by atoms with E-state index in [0.717, 1.165) is 15.2 Å². The molecule has 0 aliphatic carbocycles. The second kappa shape index (κ2) is 3.15. The Morgan fingerprint density at radius 2 is 2.15 bits per heavy atom. The molecule has 0 bridgehead atoms. The van der Waals surface area contributed by atoms with E-state index in [9.17, 15) is 0 Å². The van der Waals surface area contributed by atoms with E-state index in [1.54, 1.807) is 18.5 Å². The van der Waals surface area contributed by atoms with E-state index in [-0.39, 0.29) is 0 Å². The molecule has 0 saturated heterocycles. The summed E-state index contributed by atoms with van der Waals surface area (Å²) in [6, 6.07) is 5.55. The molecule has 0 N–H and O–H groups in total. The fraction of sp³-hybridized carbons (Fsp3) is 0. The van der Waals surface area contributed by atoms with Gasteiger partial charge in [0.2, 0.25) is 0 Å². The van der Waals surface area contributed by atoms with Gasteiger partial charge < -0.3 is 0 Å². The first-order chi connectivity index (χ1) is 6.31. The third-order valence-corrected chi connectivity index (χ3v) is 2.46. The first-order valence-electron chi connectivity index (χ1n) is 3.72. The van der Waals surface area contributed by atoms with Crippen molar-refractivity contribution < 1.29 is 0 Å². The van der Waals surface area contributed by atoms with Crippen LogP contribution in [0.1, 0.15) is 0 Å². The van der Waals surface area contributed by atoms with E-state index in [2.05, 4.69) is 25.8 Å². The first kappa shape index (κ1) is 8.21. The van der Waals surface area contributed by atoms with Gasteiger partial charge in [0.15, 0.2) is 5.69 Å². The molecule has 62 valence electrons. The Morgan fingerprint density at radius 3 is 2.92 bits per heavy atom. The van der Waals surface area contributed by atoms with E-state index in [1.807, 2.05) is 12.1 Å². The molecule has 0 radical (unpaired) electrons. The molecule has 0 fully saturated rings. The van der Waals surface area contributed by atoms with Crippen molar-refractivity contribution in [3.8, 4) is 0 Å². The number of rotatable bonds is 0. The van der Waals surface area contributed by atoms with E-state index in [1.165, 1.54) is 0 Å². The predicted octanol–water partition coefficient (Wildman–Crippen LogP) is 3.55. The maximum atomic E-state index is 6.88. The van der Waals surface area contributed by atoms with Crippen molar-refractivity contribution in [2.75, 3.05) is 0 Å². The van der Waals surface area contributed by atoms with Crippen molar-refractivity contribution in [1.29, 1.82) is 0 Å². The van der Waals surface area contributed by atoms with Crippen LogP contribution in [0.4, 0.5) is 5.69 Å². The summed E-state index contributed by atoms with van der Waals surface area (Å²) in [5.74, 6) is 0. The van der Waals surface area contributed by atoms with Crippen LogP contribution < -0.4 is 0 Å². The smallest absolute Gasteiger partial charge is 0.187 e. The summed E-state index contributed by atoms with van der Waals surface area (Å²) in [6.07, 6.45) is 3.52. The van der Waals surface area contributed by atoms with Gasteiger partial charge in [-0.2, -0.15) is 0 Å². The highest BCUT2D eigenvalue weighted by Gasteiger charge is 1.99. The summed E-state index contributed by atoms with van der Waals surface area (Å²) >= 11 is 3.39. The predicted molar refractivity (Wildman–Crippen MR) is 55.7 cm³/mol. The summed E-state index contributed by atoms with van der Waals surface area (Å²) in [5.41, 5.74) is 0.652. The van der Waals surface area contributed by atoms with Crippen molar-refractivity contribution >= 4 is 32.4 Å². The van der Waals surface area contributed by atoms with E-state index in [0.29, 0.717) is 5.69 Å². The Bertz CT molecular complexity index is 500. The van der Waals surface area contributed by atoms with Crippen LogP contribution in [0.3, 0.4) is 0 Å². The van der Waals surface area contributed by atoms with Crippen molar-refractivity contribution in [1.82, 2.24) is 4.98 Å². The van der Waals surface area contributed by atoms with Crippen LogP contribution in [-0.4, -0.2) is 4.98 Å². The third-order valence-electron chi connectivity index (χ3n) is 1.82. The maximum Gasteiger partial charge on any atom is 0.187 e. The minimum absolute atomic E-state index is 0.652. The molecule has 2 rings (SSSR count). The summed E-state index contributed by atoms with van der Waals surface area (Å²) in [7, 11) is 0. The number of nitrogens with zero attached hydrogens (tertiary/aromatic N) is 2. The molecule has 0 saturated carbocycles. The summed E-state index contributed by atoms with van der Waals surface area (Å²) in [5, 5.41) is 2.07. The Balaban J connectivity index is 2.84. The molecule has 0 amide bonds. The molecule has 3 heteroatoms. The van der Waals surface area contributed by atoms with Gasteiger partial charge in [-0.25, -0.2) is 4.85 Å². The molecule has 2 aromatic rings. The third kappa shape index (κ3) is 1.41. The Morgan fingerprint density at radius 1 is 1.31 bits per heavy atom. The molecule has 0 unspecified atom stereocenters. The number of pyridine rings is 1. The molecule has 0 atom stereocenters. The number of hydrogen-bond donors (Lipinski definition) is 0. The normalized spacial score (nSPS) is 9.85. The molecular weight excluding hydrogens is 228 g/mol. The molecule has 0 spiro atoms. The van der Waals surface area contributed by atoms with Crippen molar-refractivity contribution in [2.24, 2.45) is 0 Å². The van der Waals surface area contributed by atoms with Crippen LogP contribution in [0.2, 0.25) is 0 Å². The van der Waals surface area contributed by atoms with Gasteiger partial charge in [-0.3, -0.25) is 4.98 Å². The Hall–Kier alpha value is -1.40. The van der Waals surface area contributed by atoms with Crippen molar-refractivity contribution in [3.63, 3.8) is 0 Å². The van der Waals surface area contributed by atoms with Crippen LogP contribution in [0.15, 0.2) is 35.1 Å². The zero-order chi connectivity index (χ0) is 9.26. The monoisotopic (exact) mass is 232 g/mol. The van der Waals surface area contributed by atoms with Gasteiger partial charge in [-0.05, 0) is 32.8 Å². The zero-order valence-corrected chi connectivity index (χ0v) is 8.25. The fourth-order valence-electron chi connectivity index (χ4n) is 1.19. The molecule has 1 heterocycles. The van der Waals surface area contributed by atoms with Crippen molar-refractivity contribution in [3.05, 3.63) is 46.5 Å². The van der Waals surface area contributed by atoms with Gasteiger partial charge in [0, 0.05) is 16.9 Å². The van der Waals surface area contributed by atoms with Crippen LogP contribution >= 0.6 is 15.9 Å². The lowest BCUT2D eigenvalue weighted by molar-refractivity contribution is 1.35. The second-order valence-electron chi connectivity index (χ2n) is 2.64. The van der Waals surface area contributed by atoms with Crippen molar-refractivity contribution in [2.45, 2.75) is 0 Å². The SMILES string of the molecule is [C-]#[N+]c1ccc2cncc(Br)c2c1. The zero-order valence-electron chi connectivity index (χ0n) is 6.66. The van der Waals surface area contributed by atoms with Crippen LogP contribution in [0.5, 0.6) is 0 Å². The number of fused-ring (bicyclic) bond motifs is 1. The highest BCUT2D eigenvalue weighted by atomic mass is 79.9. The molecule has 13 heavy (non-hydrogen) atoms. The standard InChI is InChI=1S/C10H5BrN2/c1-12-8-3-2-7-5-13-6-10(11)9(7)4-8/h2-6H. The number of aromatic nitrogens is 1. The van der Waals surface area contributed by atoms with Crippen LogP contribution in [0.25, 0.3) is 15.6 Å². The van der Waals surface area contributed by atoms with Gasteiger partial charge in [-0.1, -0.05) is 12.1 Å². The van der Waals surface area contributed by atoms with Gasteiger partial charge in [0.1, 0.15) is 0 Å². The van der Waals surface area contributed by atoms with Gasteiger partial charge in [0.05, 0.1) is 6.57 Å². The Kier molecular flexibility index (Phi) is 1.99. The van der Waals surface area contributed by atoms with E-state index >= 15 is 0 Å². The lowest BCUT2D eigenvalue weighted by Crippen LogP contribution is -1.76. The average Bonchev–Trinajstić information content (AvgIpc) is 2.18. The second-order valence-corrected chi connectivity index (χ2v) is 3.49. The molecule has 1 aromatic carbocycles. The number of hydrogen-bond acceptors (Lipinski definition) is 1. The van der Waals surface area contributed by atoms with E-state index in [4.69, 9.17) is 6.57 Å². The maximum absolute atomic E-state index is 6.88. The minimum atomic E-state index is 0.652. The van der Waals surface area contributed by atoms with Crippen LogP contribution in [0, 0.1) is 6.57 Å².